The van der Waals surface area contributed by atoms with Crippen LogP contribution in [0.3, 0.4) is 0 Å². The van der Waals surface area contributed by atoms with E-state index in [-0.39, 0.29) is 34.5 Å². The van der Waals surface area contributed by atoms with E-state index in [2.05, 4.69) is 6.07 Å². The summed E-state index contributed by atoms with van der Waals surface area (Å²) < 4.78 is 5.63. The van der Waals surface area contributed by atoms with E-state index in [0.717, 1.165) is 19.3 Å². The fourth-order valence-electron chi connectivity index (χ4n) is 6.12. The lowest BCUT2D eigenvalue weighted by Crippen LogP contribution is -2.62. The number of non-ortho nitro benzene ring substituents is 1. The molecule has 1 aromatic carbocycles. The van der Waals surface area contributed by atoms with Gasteiger partial charge >= 0.3 is 0 Å². The molecule has 0 heterocycles. The first kappa shape index (κ1) is 20.0. The van der Waals surface area contributed by atoms with Crippen molar-refractivity contribution >= 4 is 23.2 Å². The van der Waals surface area contributed by atoms with Gasteiger partial charge in [0.15, 0.2) is 6.61 Å². The zero-order valence-corrected chi connectivity index (χ0v) is 16.9. The average Bonchev–Trinajstić information content (AvgIpc) is 2.66. The number of hydrogen-bond acceptors (Lipinski definition) is 5. The van der Waals surface area contributed by atoms with Crippen LogP contribution < -0.4 is 4.74 Å². The molecule has 0 saturated heterocycles. The predicted molar refractivity (Wildman–Crippen MR) is 106 cm³/mol. The first-order chi connectivity index (χ1) is 13.9. The molecule has 0 aliphatic heterocycles. The summed E-state index contributed by atoms with van der Waals surface area (Å²) in [6.45, 7) is 0.226. The molecule has 4 aliphatic rings. The number of rotatable bonds is 7. The van der Waals surface area contributed by atoms with E-state index in [0.29, 0.717) is 30.7 Å². The topological polar surface area (TPSA) is 96.5 Å². The molecule has 1 aromatic rings. The van der Waals surface area contributed by atoms with Gasteiger partial charge in [-0.3, -0.25) is 14.9 Å². The molecule has 5 rings (SSSR count). The average molecular weight is 418 g/mol. The standard InChI is InChI=1S/C21H24ClN3O4/c22-18-9-17(25(27)28)2-3-19(18)29-13-20(26)24(5-1-4-23)21-10-14-6-15(11-21)8-16(7-14)12-21/h2-3,9,14-16H,1,5-8,10-13H2. The van der Waals surface area contributed by atoms with Crippen LogP contribution in [0.25, 0.3) is 0 Å². The van der Waals surface area contributed by atoms with Crippen LogP contribution in [0.1, 0.15) is 44.9 Å². The molecule has 4 aliphatic carbocycles. The van der Waals surface area contributed by atoms with Crippen LogP contribution in [-0.4, -0.2) is 34.4 Å². The fourth-order valence-corrected chi connectivity index (χ4v) is 6.35. The van der Waals surface area contributed by atoms with E-state index in [1.807, 2.05) is 4.90 Å². The number of halogens is 1. The molecular formula is C21H24ClN3O4. The Morgan fingerprint density at radius 3 is 2.41 bits per heavy atom. The highest BCUT2D eigenvalue weighted by Crippen LogP contribution is 2.57. The van der Waals surface area contributed by atoms with Gasteiger partial charge in [0.05, 0.1) is 22.4 Å². The number of ether oxygens (including phenoxy) is 1. The minimum atomic E-state index is -0.530. The Bertz CT molecular complexity index is 831. The monoisotopic (exact) mass is 417 g/mol. The highest BCUT2D eigenvalue weighted by molar-refractivity contribution is 6.32. The number of nitriles is 1. The number of carbonyl (C=O) groups excluding carboxylic acids is 1. The van der Waals surface area contributed by atoms with E-state index in [1.54, 1.807) is 0 Å². The maximum atomic E-state index is 13.2. The summed E-state index contributed by atoms with van der Waals surface area (Å²) in [5.74, 6) is 2.16. The quantitative estimate of drug-likeness (QED) is 0.485. The van der Waals surface area contributed by atoms with Gasteiger partial charge in [-0.15, -0.1) is 0 Å². The van der Waals surface area contributed by atoms with Gasteiger partial charge in [-0.05, 0) is 62.3 Å². The molecule has 0 aromatic heterocycles. The van der Waals surface area contributed by atoms with Crippen LogP contribution in [0.2, 0.25) is 5.02 Å². The summed E-state index contributed by atoms with van der Waals surface area (Å²) in [5.41, 5.74) is -0.274. The van der Waals surface area contributed by atoms with Gasteiger partial charge in [0.1, 0.15) is 5.75 Å². The number of hydrogen-bond donors (Lipinski definition) is 0. The maximum Gasteiger partial charge on any atom is 0.271 e. The van der Waals surface area contributed by atoms with Gasteiger partial charge < -0.3 is 9.64 Å². The van der Waals surface area contributed by atoms with Crippen molar-refractivity contribution in [1.82, 2.24) is 4.90 Å². The van der Waals surface area contributed by atoms with Crippen LogP contribution >= 0.6 is 11.6 Å². The van der Waals surface area contributed by atoms with E-state index in [1.165, 1.54) is 37.5 Å². The second kappa shape index (κ2) is 7.83. The van der Waals surface area contributed by atoms with Crippen LogP contribution in [0.4, 0.5) is 5.69 Å². The first-order valence-corrected chi connectivity index (χ1v) is 10.5. The summed E-state index contributed by atoms with van der Waals surface area (Å²) >= 11 is 6.08. The predicted octanol–water partition coefficient (Wildman–Crippen LogP) is 4.34. The van der Waals surface area contributed by atoms with Gasteiger partial charge in [0, 0.05) is 24.2 Å². The Morgan fingerprint density at radius 1 is 1.28 bits per heavy atom. The van der Waals surface area contributed by atoms with Gasteiger partial charge in [-0.25, -0.2) is 0 Å². The Morgan fingerprint density at radius 2 is 1.90 bits per heavy atom. The molecule has 0 radical (unpaired) electrons. The van der Waals surface area contributed by atoms with Crippen molar-refractivity contribution in [3.63, 3.8) is 0 Å². The molecule has 0 N–H and O–H groups in total. The highest BCUT2D eigenvalue weighted by atomic mass is 35.5. The second-order valence-electron chi connectivity index (χ2n) is 8.76. The molecule has 0 atom stereocenters. The zero-order chi connectivity index (χ0) is 20.6. The van der Waals surface area contributed by atoms with E-state index >= 15 is 0 Å². The van der Waals surface area contributed by atoms with Gasteiger partial charge in [-0.2, -0.15) is 5.26 Å². The minimum absolute atomic E-state index is 0.102. The van der Waals surface area contributed by atoms with Crippen molar-refractivity contribution < 1.29 is 14.5 Å². The molecule has 4 fully saturated rings. The largest absolute Gasteiger partial charge is 0.482 e. The second-order valence-corrected chi connectivity index (χ2v) is 9.16. The lowest BCUT2D eigenvalue weighted by Gasteiger charge is -2.60. The Balaban J connectivity index is 1.48. The number of carbonyl (C=O) groups is 1. The zero-order valence-electron chi connectivity index (χ0n) is 16.2. The van der Waals surface area contributed by atoms with Gasteiger partial charge in [-0.1, -0.05) is 11.6 Å². The molecule has 7 nitrogen and oxygen atoms in total. The van der Waals surface area contributed by atoms with E-state index < -0.39 is 4.92 Å². The van der Waals surface area contributed by atoms with E-state index in [9.17, 15) is 14.9 Å². The first-order valence-electron chi connectivity index (χ1n) is 10.1. The fraction of sp³-hybridized carbons (Fsp3) is 0.619. The molecule has 8 heteroatoms. The highest BCUT2D eigenvalue weighted by Gasteiger charge is 2.54. The molecule has 4 saturated carbocycles. The Hall–Kier alpha value is -2.33. The third kappa shape index (κ3) is 3.91. The van der Waals surface area contributed by atoms with Crippen molar-refractivity contribution in [3.05, 3.63) is 33.3 Å². The number of amides is 1. The summed E-state index contributed by atoms with van der Waals surface area (Å²) in [6, 6.07) is 6.10. The maximum absolute atomic E-state index is 13.2. The van der Waals surface area contributed by atoms with Crippen LogP contribution in [0.15, 0.2) is 18.2 Å². The lowest BCUT2D eigenvalue weighted by atomic mass is 9.52. The molecule has 0 unspecified atom stereocenters. The number of nitro groups is 1. The van der Waals surface area contributed by atoms with Crippen molar-refractivity contribution in [2.24, 2.45) is 17.8 Å². The number of nitrogens with zero attached hydrogens (tertiary/aromatic N) is 3. The van der Waals surface area contributed by atoms with Crippen LogP contribution in [0, 0.1) is 39.2 Å². The summed E-state index contributed by atoms with van der Waals surface area (Å²) in [4.78, 5) is 25.4. The normalized spacial score (nSPS) is 29.3. The summed E-state index contributed by atoms with van der Waals surface area (Å²) in [5, 5.41) is 20.0. The molecule has 1 amide bonds. The minimum Gasteiger partial charge on any atom is -0.482 e. The Kier molecular flexibility index (Phi) is 5.39. The molecule has 29 heavy (non-hydrogen) atoms. The summed E-state index contributed by atoms with van der Waals surface area (Å²) in [7, 11) is 0. The molecule has 4 bridgehead atoms. The molecular weight excluding hydrogens is 394 g/mol. The number of benzene rings is 1. The molecule has 0 spiro atoms. The Labute approximate surface area is 174 Å². The van der Waals surface area contributed by atoms with Crippen molar-refractivity contribution in [2.45, 2.75) is 50.5 Å². The number of nitro benzene ring substituents is 1. The summed E-state index contributed by atoms with van der Waals surface area (Å²) in [6.07, 6.45) is 7.18. The van der Waals surface area contributed by atoms with Gasteiger partial charge in [0.25, 0.3) is 11.6 Å². The molecule has 154 valence electrons. The third-order valence-electron chi connectivity index (χ3n) is 6.80. The van der Waals surface area contributed by atoms with Crippen LogP contribution in [-0.2, 0) is 4.79 Å². The van der Waals surface area contributed by atoms with E-state index in [4.69, 9.17) is 21.6 Å². The smallest absolute Gasteiger partial charge is 0.271 e. The van der Waals surface area contributed by atoms with Crippen molar-refractivity contribution in [3.8, 4) is 11.8 Å². The van der Waals surface area contributed by atoms with Crippen LogP contribution in [0.5, 0.6) is 5.75 Å². The lowest BCUT2D eigenvalue weighted by molar-refractivity contribution is -0.384. The SMILES string of the molecule is N#CCCN(C(=O)COc1ccc([N+](=O)[O-])cc1Cl)C12CC3CC(CC(C3)C1)C2. The van der Waals surface area contributed by atoms with Crippen molar-refractivity contribution in [1.29, 1.82) is 5.26 Å². The third-order valence-corrected chi connectivity index (χ3v) is 7.10. The van der Waals surface area contributed by atoms with Crippen molar-refractivity contribution in [2.75, 3.05) is 13.2 Å². The van der Waals surface area contributed by atoms with Gasteiger partial charge in [0.2, 0.25) is 0 Å².